The van der Waals surface area contributed by atoms with E-state index in [4.69, 9.17) is 0 Å². The largest absolute Gasteiger partial charge is 0.264 e. The van der Waals surface area contributed by atoms with Crippen LogP contribution in [0.1, 0.15) is 25.8 Å². The predicted molar refractivity (Wildman–Crippen MR) is 88.4 cm³/mol. The molecule has 8 heteroatoms. The maximum absolute atomic E-state index is 13.5. The minimum absolute atomic E-state index is 0.131. The first-order valence-electron chi connectivity index (χ1n) is 7.51. The highest BCUT2D eigenvalue weighted by Crippen LogP contribution is 2.16. The molecule has 1 aromatic rings. The number of hydrogen-bond donors (Lipinski definition) is 1. The second kappa shape index (κ2) is 7.08. The number of hydrazone groups is 1. The van der Waals surface area contributed by atoms with Gasteiger partial charge in [0.15, 0.2) is 0 Å². The van der Waals surface area contributed by atoms with Gasteiger partial charge in [0, 0.05) is 18.7 Å². The first kappa shape index (κ1) is 17.4. The second-order valence-electron chi connectivity index (χ2n) is 5.38. The maximum Gasteiger partial charge on any atom is 0.264 e. The number of benzene rings is 1. The van der Waals surface area contributed by atoms with Gasteiger partial charge in [0.2, 0.25) is 5.96 Å². The molecule has 6 nitrogen and oxygen atoms in total. The van der Waals surface area contributed by atoms with Crippen LogP contribution in [0.2, 0.25) is 0 Å². The zero-order chi connectivity index (χ0) is 17.0. The molecular weight excluding hydrogens is 319 g/mol. The van der Waals surface area contributed by atoms with Gasteiger partial charge in [-0.2, -0.15) is 5.10 Å². The number of sulfonamides is 1. The van der Waals surface area contributed by atoms with Crippen molar-refractivity contribution in [2.24, 2.45) is 16.0 Å². The quantitative estimate of drug-likeness (QED) is 0.674. The standard InChI is InChI=1S/C15H21FN4O2S/c1-4-12-9-18-20(10-12)15(17-5-2)19-23(21,22)14-7-11(3)6-13(16)8-14/h6-9,12H,4-5,10H2,1-3H3,(H,17,19). The fourth-order valence-corrected chi connectivity index (χ4v) is 3.36. The lowest BCUT2D eigenvalue weighted by atomic mass is 10.1. The maximum atomic E-state index is 13.5. The molecule has 1 heterocycles. The number of hydrogen-bond acceptors (Lipinski definition) is 4. The molecule has 0 fully saturated rings. The van der Waals surface area contributed by atoms with E-state index in [-0.39, 0.29) is 16.8 Å². The summed E-state index contributed by atoms with van der Waals surface area (Å²) in [5, 5.41) is 5.73. The van der Waals surface area contributed by atoms with E-state index in [0.29, 0.717) is 18.7 Å². The lowest BCUT2D eigenvalue weighted by Crippen LogP contribution is -2.41. The summed E-state index contributed by atoms with van der Waals surface area (Å²) in [6, 6.07) is 3.68. The monoisotopic (exact) mass is 340 g/mol. The van der Waals surface area contributed by atoms with Crippen molar-refractivity contribution in [2.45, 2.75) is 32.1 Å². The summed E-state index contributed by atoms with van der Waals surface area (Å²) in [6.45, 7) is 6.46. The van der Waals surface area contributed by atoms with Crippen molar-refractivity contribution in [1.82, 2.24) is 9.73 Å². The van der Waals surface area contributed by atoms with Crippen molar-refractivity contribution < 1.29 is 12.8 Å². The van der Waals surface area contributed by atoms with E-state index in [2.05, 4.69) is 14.8 Å². The number of rotatable bonds is 4. The minimum Gasteiger partial charge on any atom is -0.251 e. The average Bonchev–Trinajstić information content (AvgIpc) is 2.94. The Morgan fingerprint density at radius 3 is 2.74 bits per heavy atom. The molecule has 0 saturated carbocycles. The van der Waals surface area contributed by atoms with Gasteiger partial charge < -0.3 is 0 Å². The molecule has 1 N–H and O–H groups in total. The molecule has 1 unspecified atom stereocenters. The van der Waals surface area contributed by atoms with Gasteiger partial charge in [-0.3, -0.25) is 4.99 Å². The first-order chi connectivity index (χ1) is 10.9. The van der Waals surface area contributed by atoms with Crippen molar-refractivity contribution in [3.63, 3.8) is 0 Å². The Balaban J connectivity index is 2.26. The van der Waals surface area contributed by atoms with Crippen molar-refractivity contribution in [1.29, 1.82) is 0 Å². The lowest BCUT2D eigenvalue weighted by molar-refractivity contribution is 0.429. The number of halogens is 1. The van der Waals surface area contributed by atoms with Gasteiger partial charge >= 0.3 is 0 Å². The summed E-state index contributed by atoms with van der Waals surface area (Å²) < 4.78 is 40.9. The van der Waals surface area contributed by atoms with Gasteiger partial charge in [0.05, 0.1) is 11.4 Å². The van der Waals surface area contributed by atoms with Crippen molar-refractivity contribution in [2.75, 3.05) is 13.1 Å². The van der Waals surface area contributed by atoms with Crippen LogP contribution < -0.4 is 4.72 Å². The molecule has 1 aliphatic rings. The smallest absolute Gasteiger partial charge is 0.251 e. The summed E-state index contributed by atoms with van der Waals surface area (Å²) in [4.78, 5) is 4.04. The first-order valence-corrected chi connectivity index (χ1v) is 9.00. The number of guanidine groups is 1. The zero-order valence-corrected chi connectivity index (χ0v) is 14.3. The molecule has 2 rings (SSSR count). The van der Waals surface area contributed by atoms with E-state index in [1.54, 1.807) is 20.1 Å². The van der Waals surface area contributed by atoms with Crippen LogP contribution in [0.3, 0.4) is 0 Å². The predicted octanol–water partition coefficient (Wildman–Crippen LogP) is 2.12. The fraction of sp³-hybridized carbons (Fsp3) is 0.467. The van der Waals surface area contributed by atoms with Crippen LogP contribution in [0.15, 0.2) is 33.2 Å². The van der Waals surface area contributed by atoms with Crippen LogP contribution in [-0.2, 0) is 10.0 Å². The topological polar surface area (TPSA) is 74.1 Å². The Morgan fingerprint density at radius 2 is 2.17 bits per heavy atom. The number of aryl methyl sites for hydroxylation is 1. The van der Waals surface area contributed by atoms with Gasteiger partial charge in [-0.25, -0.2) is 22.5 Å². The normalized spacial score (nSPS) is 18.5. The molecule has 1 atom stereocenters. The van der Waals surface area contributed by atoms with Gasteiger partial charge in [-0.05, 0) is 44.0 Å². The highest BCUT2D eigenvalue weighted by atomic mass is 32.2. The van der Waals surface area contributed by atoms with E-state index in [1.807, 2.05) is 6.92 Å². The molecule has 1 aromatic carbocycles. The highest BCUT2D eigenvalue weighted by Gasteiger charge is 2.25. The van der Waals surface area contributed by atoms with Crippen molar-refractivity contribution in [3.8, 4) is 0 Å². The van der Waals surface area contributed by atoms with E-state index >= 15 is 0 Å². The molecule has 0 saturated heterocycles. The van der Waals surface area contributed by atoms with Gasteiger partial charge in [-0.15, -0.1) is 0 Å². The molecule has 0 aliphatic carbocycles. The summed E-state index contributed by atoms with van der Waals surface area (Å²) in [7, 11) is -3.92. The van der Waals surface area contributed by atoms with Crippen LogP contribution in [0.25, 0.3) is 0 Å². The Hall–Kier alpha value is -1.96. The molecule has 0 bridgehead atoms. The molecule has 0 aromatic heterocycles. The molecule has 0 amide bonds. The third-order valence-corrected chi connectivity index (χ3v) is 4.76. The van der Waals surface area contributed by atoms with Gasteiger partial charge in [0.1, 0.15) is 5.82 Å². The Kier molecular flexibility index (Phi) is 5.35. The summed E-state index contributed by atoms with van der Waals surface area (Å²) in [6.07, 6.45) is 2.70. The molecule has 126 valence electrons. The van der Waals surface area contributed by atoms with Crippen LogP contribution >= 0.6 is 0 Å². The minimum atomic E-state index is -3.92. The van der Waals surface area contributed by atoms with Gasteiger partial charge in [-0.1, -0.05) is 6.92 Å². The van der Waals surface area contributed by atoms with E-state index in [9.17, 15) is 12.8 Å². The Morgan fingerprint density at radius 1 is 1.43 bits per heavy atom. The number of nitrogens with one attached hydrogen (secondary N) is 1. The molecule has 0 radical (unpaired) electrons. The lowest BCUT2D eigenvalue weighted by Gasteiger charge is -2.19. The van der Waals surface area contributed by atoms with Gasteiger partial charge in [0.25, 0.3) is 10.0 Å². The summed E-state index contributed by atoms with van der Waals surface area (Å²) in [5.41, 5.74) is 0.532. The van der Waals surface area contributed by atoms with Crippen molar-refractivity contribution >= 4 is 22.2 Å². The van der Waals surface area contributed by atoms with Crippen LogP contribution in [0.4, 0.5) is 4.39 Å². The Labute approximate surface area is 136 Å². The average molecular weight is 340 g/mol. The SMILES string of the molecule is CCN=C(NS(=O)(=O)c1cc(C)cc(F)c1)N1CC(CC)C=N1. The summed E-state index contributed by atoms with van der Waals surface area (Å²) >= 11 is 0. The van der Waals surface area contributed by atoms with Crippen LogP contribution in [0.5, 0.6) is 0 Å². The molecule has 0 spiro atoms. The molecule has 23 heavy (non-hydrogen) atoms. The zero-order valence-electron chi connectivity index (χ0n) is 13.5. The highest BCUT2D eigenvalue weighted by molar-refractivity contribution is 7.90. The van der Waals surface area contributed by atoms with Crippen LogP contribution in [0, 0.1) is 18.7 Å². The second-order valence-corrected chi connectivity index (χ2v) is 7.07. The molecular formula is C15H21FN4O2S. The Bertz CT molecular complexity index is 711. The molecule has 1 aliphatic heterocycles. The number of nitrogens with zero attached hydrogens (tertiary/aromatic N) is 3. The van der Waals surface area contributed by atoms with Crippen LogP contribution in [-0.4, -0.2) is 38.7 Å². The van der Waals surface area contributed by atoms with E-state index < -0.39 is 15.8 Å². The van der Waals surface area contributed by atoms with Crippen molar-refractivity contribution in [3.05, 3.63) is 29.6 Å². The summed E-state index contributed by atoms with van der Waals surface area (Å²) in [5.74, 6) is -0.177. The fourth-order valence-electron chi connectivity index (χ4n) is 2.22. The number of aliphatic imine (C=N–C) groups is 1. The van der Waals surface area contributed by atoms with E-state index in [0.717, 1.165) is 12.5 Å². The third kappa shape index (κ3) is 4.28. The third-order valence-electron chi connectivity index (χ3n) is 3.45. The van der Waals surface area contributed by atoms with E-state index in [1.165, 1.54) is 17.1 Å².